The first-order chi connectivity index (χ1) is 20.5. The summed E-state index contributed by atoms with van der Waals surface area (Å²) < 4.78 is 64.3. The van der Waals surface area contributed by atoms with Crippen molar-refractivity contribution in [1.82, 2.24) is 14.9 Å². The molecule has 0 amide bonds. The van der Waals surface area contributed by atoms with Crippen LogP contribution < -0.4 is 16.2 Å². The van der Waals surface area contributed by atoms with Crippen molar-refractivity contribution >= 4 is 48.7 Å². The lowest BCUT2D eigenvalue weighted by Gasteiger charge is -2.30. The first kappa shape index (κ1) is 28.4. The standard InChI is InChI=1S/C30H23F4N7OS/c1-13(2)19-16(9-35)20(15-4-5-18(31)25-21(15)17(10-36)28(38)43-25)23(32)24-22(19)27(37)40-29(39-24)42-12-30-6-3-7-41(30)11-14(8-30)26(33)34/h4-5H,1,3,6-8,11-12,38H2,2H3,(H2,37,39,40). The van der Waals surface area contributed by atoms with Gasteiger partial charge in [0.2, 0.25) is 0 Å². The van der Waals surface area contributed by atoms with Crippen molar-refractivity contribution in [2.75, 3.05) is 31.2 Å². The van der Waals surface area contributed by atoms with Crippen molar-refractivity contribution in [3.8, 4) is 29.3 Å². The molecule has 0 aliphatic carbocycles. The summed E-state index contributed by atoms with van der Waals surface area (Å²) in [6, 6.07) is 6.10. The van der Waals surface area contributed by atoms with Crippen molar-refractivity contribution in [3.63, 3.8) is 0 Å². The molecule has 1 unspecified atom stereocenters. The highest BCUT2D eigenvalue weighted by molar-refractivity contribution is 7.23. The van der Waals surface area contributed by atoms with Crippen LogP contribution in [0.5, 0.6) is 6.01 Å². The summed E-state index contributed by atoms with van der Waals surface area (Å²) in [5.41, 5.74) is 11.6. The number of nitrogens with zero attached hydrogens (tertiary/aromatic N) is 5. The number of thiophene rings is 1. The Morgan fingerprint density at radius 3 is 2.58 bits per heavy atom. The SMILES string of the molecule is C=C(C)c1c(C#N)c(-c2ccc(F)c3sc(N)c(C#N)c23)c(F)c2nc(OCC34CCCN3CC(=C(F)F)C4)nc(N)c12. The zero-order valence-corrected chi connectivity index (χ0v) is 23.6. The number of ether oxygens (including phenoxy) is 1. The van der Waals surface area contributed by atoms with Gasteiger partial charge in [0.1, 0.15) is 40.9 Å². The molecule has 6 rings (SSSR count). The molecule has 2 aliphatic rings. The van der Waals surface area contributed by atoms with Gasteiger partial charge in [-0.05, 0) is 49.9 Å². The number of nitrogens with two attached hydrogens (primary N) is 2. The topological polar surface area (TPSA) is 138 Å². The zero-order valence-electron chi connectivity index (χ0n) is 22.8. The number of nitriles is 2. The Bertz CT molecular complexity index is 2000. The number of halogens is 4. The molecule has 0 spiro atoms. The maximum atomic E-state index is 16.7. The van der Waals surface area contributed by atoms with Gasteiger partial charge in [-0.15, -0.1) is 11.3 Å². The number of nitrogen functional groups attached to an aromatic ring is 2. The predicted molar refractivity (Wildman–Crippen MR) is 156 cm³/mol. The molecule has 2 aromatic carbocycles. The Morgan fingerprint density at radius 2 is 1.91 bits per heavy atom. The fraction of sp³-hybridized carbons (Fsp3) is 0.267. The van der Waals surface area contributed by atoms with Crippen LogP contribution >= 0.6 is 11.3 Å². The third kappa shape index (κ3) is 4.27. The first-order valence-corrected chi connectivity index (χ1v) is 14.0. The van der Waals surface area contributed by atoms with E-state index in [0.29, 0.717) is 18.5 Å². The highest BCUT2D eigenvalue weighted by atomic mass is 32.1. The average molecular weight is 606 g/mol. The van der Waals surface area contributed by atoms with E-state index in [4.69, 9.17) is 16.2 Å². The summed E-state index contributed by atoms with van der Waals surface area (Å²) >= 11 is 0.842. The van der Waals surface area contributed by atoms with E-state index in [2.05, 4.69) is 16.5 Å². The Balaban J connectivity index is 1.56. The van der Waals surface area contributed by atoms with Crippen LogP contribution in [0.15, 0.2) is 30.4 Å². The van der Waals surface area contributed by atoms with E-state index in [9.17, 15) is 23.7 Å². The minimum Gasteiger partial charge on any atom is -0.461 e. The third-order valence-electron chi connectivity index (χ3n) is 8.23. The molecule has 4 N–H and O–H groups in total. The number of aromatic nitrogens is 2. The molecule has 2 aromatic heterocycles. The fourth-order valence-electron chi connectivity index (χ4n) is 6.37. The van der Waals surface area contributed by atoms with Crippen LogP contribution in [-0.2, 0) is 0 Å². The van der Waals surface area contributed by atoms with Gasteiger partial charge in [-0.1, -0.05) is 12.6 Å². The number of hydrogen-bond acceptors (Lipinski definition) is 9. The van der Waals surface area contributed by atoms with Gasteiger partial charge in [0.15, 0.2) is 5.82 Å². The summed E-state index contributed by atoms with van der Waals surface area (Å²) in [5.74, 6) is -1.80. The average Bonchev–Trinajstić information content (AvgIpc) is 3.63. The van der Waals surface area contributed by atoms with Gasteiger partial charge in [-0.2, -0.15) is 29.3 Å². The predicted octanol–water partition coefficient (Wildman–Crippen LogP) is 6.50. The van der Waals surface area contributed by atoms with Gasteiger partial charge in [0, 0.05) is 28.6 Å². The Morgan fingerprint density at radius 1 is 1.16 bits per heavy atom. The largest absolute Gasteiger partial charge is 0.461 e. The summed E-state index contributed by atoms with van der Waals surface area (Å²) in [6.07, 6.45) is -0.126. The van der Waals surface area contributed by atoms with E-state index in [1.54, 1.807) is 6.92 Å². The van der Waals surface area contributed by atoms with Crippen LogP contribution in [0.1, 0.15) is 42.9 Å². The van der Waals surface area contributed by atoms with Gasteiger partial charge in [0.05, 0.1) is 26.8 Å². The maximum absolute atomic E-state index is 16.7. The molecule has 8 nitrogen and oxygen atoms in total. The fourth-order valence-corrected chi connectivity index (χ4v) is 7.32. The number of allylic oxidation sites excluding steroid dienone is 1. The normalized spacial score (nSPS) is 18.2. The second-order valence-corrected chi connectivity index (χ2v) is 11.8. The molecular weight excluding hydrogens is 582 g/mol. The van der Waals surface area contributed by atoms with E-state index >= 15 is 4.39 Å². The van der Waals surface area contributed by atoms with Gasteiger partial charge >= 0.3 is 6.01 Å². The van der Waals surface area contributed by atoms with Crippen molar-refractivity contribution in [2.24, 2.45) is 0 Å². The first-order valence-electron chi connectivity index (χ1n) is 13.2. The van der Waals surface area contributed by atoms with E-state index in [1.165, 1.54) is 6.07 Å². The van der Waals surface area contributed by atoms with Gasteiger partial charge < -0.3 is 16.2 Å². The molecule has 2 fully saturated rings. The van der Waals surface area contributed by atoms with Crippen LogP contribution in [0.2, 0.25) is 0 Å². The number of anilines is 2. The second-order valence-electron chi connectivity index (χ2n) is 10.8. The van der Waals surface area contributed by atoms with Gasteiger partial charge in [-0.25, -0.2) is 8.78 Å². The van der Waals surface area contributed by atoms with Crippen molar-refractivity contribution < 1.29 is 22.3 Å². The third-order valence-corrected chi connectivity index (χ3v) is 9.26. The number of fused-ring (bicyclic) bond motifs is 3. The van der Waals surface area contributed by atoms with Crippen LogP contribution in [0, 0.1) is 34.3 Å². The Kier molecular flexibility index (Phi) is 6.75. The molecule has 218 valence electrons. The Hall–Kier alpha value is -4.72. The summed E-state index contributed by atoms with van der Waals surface area (Å²) in [6.45, 7) is 6.32. The summed E-state index contributed by atoms with van der Waals surface area (Å²) in [4.78, 5) is 10.5. The second kappa shape index (κ2) is 10.2. The molecule has 2 saturated heterocycles. The highest BCUT2D eigenvalue weighted by Crippen LogP contribution is 2.47. The lowest BCUT2D eigenvalue weighted by molar-refractivity contribution is 0.108. The van der Waals surface area contributed by atoms with Crippen LogP contribution in [0.25, 0.3) is 37.7 Å². The van der Waals surface area contributed by atoms with Crippen LogP contribution in [0.4, 0.5) is 28.4 Å². The Labute approximate surface area is 247 Å². The monoisotopic (exact) mass is 605 g/mol. The minimum atomic E-state index is -1.70. The molecule has 13 heteroatoms. The molecular formula is C30H23F4N7OS. The maximum Gasteiger partial charge on any atom is 0.319 e. The van der Waals surface area contributed by atoms with E-state index in [-0.39, 0.29) is 90.8 Å². The molecule has 2 aliphatic heterocycles. The molecule has 4 aromatic rings. The zero-order chi connectivity index (χ0) is 30.8. The van der Waals surface area contributed by atoms with Crippen LogP contribution in [0.3, 0.4) is 0 Å². The van der Waals surface area contributed by atoms with E-state index in [1.807, 2.05) is 17.0 Å². The minimum absolute atomic E-state index is 0.0227. The molecule has 1 atom stereocenters. The summed E-state index contributed by atoms with van der Waals surface area (Å²) in [7, 11) is 0. The van der Waals surface area contributed by atoms with Gasteiger partial charge in [0.25, 0.3) is 6.08 Å². The van der Waals surface area contributed by atoms with E-state index in [0.717, 1.165) is 23.8 Å². The molecule has 0 saturated carbocycles. The highest BCUT2D eigenvalue weighted by Gasteiger charge is 2.48. The van der Waals surface area contributed by atoms with Crippen molar-refractivity contribution in [1.29, 1.82) is 10.5 Å². The van der Waals surface area contributed by atoms with E-state index < -0.39 is 23.3 Å². The van der Waals surface area contributed by atoms with Crippen molar-refractivity contribution in [3.05, 3.63) is 58.7 Å². The molecule has 0 bridgehead atoms. The summed E-state index contributed by atoms with van der Waals surface area (Å²) in [5, 5.41) is 20.2. The quantitative estimate of drug-likeness (QED) is 0.246. The lowest BCUT2D eigenvalue weighted by Crippen LogP contribution is -2.43. The number of rotatable bonds is 5. The van der Waals surface area contributed by atoms with Gasteiger partial charge in [-0.3, -0.25) is 4.90 Å². The van der Waals surface area contributed by atoms with Crippen molar-refractivity contribution in [2.45, 2.75) is 31.7 Å². The number of hydrogen-bond donors (Lipinski definition) is 2. The number of benzene rings is 2. The lowest BCUT2D eigenvalue weighted by atomic mass is 9.87. The molecule has 4 heterocycles. The molecule has 0 radical (unpaired) electrons. The smallest absolute Gasteiger partial charge is 0.319 e. The molecule has 43 heavy (non-hydrogen) atoms. The van der Waals surface area contributed by atoms with Crippen LogP contribution in [-0.4, -0.2) is 40.1 Å².